The van der Waals surface area contributed by atoms with Crippen LogP contribution in [0.25, 0.3) is 0 Å². The van der Waals surface area contributed by atoms with Gasteiger partial charge in [0, 0.05) is 10.0 Å². The van der Waals surface area contributed by atoms with Crippen LogP contribution in [-0.2, 0) is 19.4 Å². The Kier molecular flexibility index (Phi) is 5.90. The monoisotopic (exact) mass is 410 g/mol. The first-order chi connectivity index (χ1) is 11.4. The molecule has 2 rings (SSSR count). The summed E-state index contributed by atoms with van der Waals surface area (Å²) < 4.78 is 31.2. The summed E-state index contributed by atoms with van der Waals surface area (Å²) in [6, 6.07) is 13.6. The summed E-state index contributed by atoms with van der Waals surface area (Å²) in [4.78, 5) is 24.8. The van der Waals surface area contributed by atoms with Gasteiger partial charge in [-0.05, 0) is 31.2 Å². The first-order valence-corrected chi connectivity index (χ1v) is 9.47. The zero-order valence-electron chi connectivity index (χ0n) is 12.8. The molecule has 0 amide bonds. The van der Waals surface area contributed by atoms with Gasteiger partial charge in [0.1, 0.15) is 0 Å². The molecule has 126 valence electrons. The van der Waals surface area contributed by atoms with Gasteiger partial charge in [-0.1, -0.05) is 46.3 Å². The molecule has 2 aromatic rings. The third-order valence-electron chi connectivity index (χ3n) is 3.25. The van der Waals surface area contributed by atoms with Gasteiger partial charge in [0.2, 0.25) is 5.25 Å². The Morgan fingerprint density at radius 2 is 1.62 bits per heavy atom. The lowest BCUT2D eigenvalue weighted by Gasteiger charge is -2.15. The number of carbonyl (C=O) groups excluding carboxylic acids is 2. The standard InChI is InChI=1S/C17H15BrO5S/c1-2-23-17(20)16(15(19)12-6-4-3-5-7-12)24(21,22)14-10-8-13(18)9-11-14/h3-11,16H,2H2,1H3. The van der Waals surface area contributed by atoms with Gasteiger partial charge in [-0.3, -0.25) is 9.59 Å². The minimum absolute atomic E-state index is 0.0206. The van der Waals surface area contributed by atoms with E-state index in [1.807, 2.05) is 0 Å². The molecule has 0 aromatic heterocycles. The molecule has 0 heterocycles. The third-order valence-corrected chi connectivity index (χ3v) is 5.73. The third kappa shape index (κ3) is 3.91. The van der Waals surface area contributed by atoms with Crippen LogP contribution in [0.4, 0.5) is 0 Å². The highest BCUT2D eigenvalue weighted by Gasteiger charge is 2.41. The fourth-order valence-electron chi connectivity index (χ4n) is 2.11. The van der Waals surface area contributed by atoms with Crippen molar-refractivity contribution in [1.29, 1.82) is 0 Å². The van der Waals surface area contributed by atoms with Gasteiger partial charge in [-0.15, -0.1) is 0 Å². The van der Waals surface area contributed by atoms with Crippen LogP contribution in [-0.4, -0.2) is 32.0 Å². The maximum atomic E-state index is 12.8. The summed E-state index contributed by atoms with van der Waals surface area (Å²) in [5.41, 5.74) is 0.135. The molecule has 1 atom stereocenters. The van der Waals surface area contributed by atoms with Crippen LogP contribution < -0.4 is 0 Å². The Labute approximate surface area is 148 Å². The molecule has 0 saturated heterocycles. The van der Waals surface area contributed by atoms with Crippen LogP contribution in [0.2, 0.25) is 0 Å². The number of esters is 1. The molecule has 1 unspecified atom stereocenters. The van der Waals surface area contributed by atoms with Crippen molar-refractivity contribution < 1.29 is 22.7 Å². The van der Waals surface area contributed by atoms with E-state index in [9.17, 15) is 18.0 Å². The molecular weight excluding hydrogens is 396 g/mol. The highest BCUT2D eigenvalue weighted by atomic mass is 79.9. The van der Waals surface area contributed by atoms with Crippen LogP contribution in [0.1, 0.15) is 17.3 Å². The number of sulfone groups is 1. The lowest BCUT2D eigenvalue weighted by Crippen LogP contribution is -2.39. The van der Waals surface area contributed by atoms with Crippen molar-refractivity contribution >= 4 is 37.5 Å². The summed E-state index contributed by atoms with van der Waals surface area (Å²) in [5.74, 6) is -1.88. The predicted molar refractivity (Wildman–Crippen MR) is 92.5 cm³/mol. The van der Waals surface area contributed by atoms with Gasteiger partial charge in [0.05, 0.1) is 11.5 Å². The average molecular weight is 411 g/mol. The second-order valence-electron chi connectivity index (χ2n) is 4.86. The Morgan fingerprint density at radius 3 is 2.17 bits per heavy atom. The minimum atomic E-state index is -4.23. The maximum absolute atomic E-state index is 12.8. The summed E-state index contributed by atoms with van der Waals surface area (Å²) in [6.07, 6.45) is 0. The molecule has 2 aromatic carbocycles. The quantitative estimate of drug-likeness (QED) is 0.415. The van der Waals surface area contributed by atoms with Crippen molar-refractivity contribution in [2.24, 2.45) is 0 Å². The SMILES string of the molecule is CCOC(=O)C(C(=O)c1ccccc1)S(=O)(=O)c1ccc(Br)cc1. The maximum Gasteiger partial charge on any atom is 0.332 e. The fraction of sp³-hybridized carbons (Fsp3) is 0.176. The van der Waals surface area contributed by atoms with Gasteiger partial charge < -0.3 is 4.74 Å². The summed E-state index contributed by atoms with van der Waals surface area (Å²) in [5, 5.41) is -1.93. The lowest BCUT2D eigenvalue weighted by molar-refractivity contribution is -0.141. The molecule has 0 aliphatic rings. The van der Waals surface area contributed by atoms with E-state index < -0.39 is 26.8 Å². The van der Waals surface area contributed by atoms with E-state index in [-0.39, 0.29) is 17.1 Å². The second-order valence-corrected chi connectivity index (χ2v) is 7.81. The number of rotatable bonds is 6. The molecular formula is C17H15BrO5S. The van der Waals surface area contributed by atoms with Crippen LogP contribution in [0.15, 0.2) is 64.0 Å². The Morgan fingerprint density at radius 1 is 1.04 bits per heavy atom. The molecule has 0 spiro atoms. The normalized spacial score (nSPS) is 12.4. The molecule has 0 aliphatic carbocycles. The number of benzene rings is 2. The zero-order valence-corrected chi connectivity index (χ0v) is 15.2. The van der Waals surface area contributed by atoms with Crippen LogP contribution >= 0.6 is 15.9 Å². The number of carbonyl (C=O) groups is 2. The number of ketones is 1. The molecule has 0 radical (unpaired) electrons. The molecule has 0 N–H and O–H groups in total. The zero-order chi connectivity index (χ0) is 17.7. The van der Waals surface area contributed by atoms with Crippen molar-refractivity contribution in [1.82, 2.24) is 0 Å². The molecule has 0 bridgehead atoms. The van der Waals surface area contributed by atoms with Crippen molar-refractivity contribution in [3.63, 3.8) is 0 Å². The van der Waals surface area contributed by atoms with Crippen LogP contribution in [0.5, 0.6) is 0 Å². The van der Waals surface area contributed by atoms with E-state index in [1.54, 1.807) is 25.1 Å². The van der Waals surface area contributed by atoms with E-state index in [2.05, 4.69) is 15.9 Å². The molecule has 7 heteroatoms. The predicted octanol–water partition coefficient (Wildman–Crippen LogP) is 3.04. The van der Waals surface area contributed by atoms with Gasteiger partial charge in [-0.2, -0.15) is 0 Å². The summed E-state index contributed by atoms with van der Waals surface area (Å²) in [7, 11) is -4.23. The van der Waals surface area contributed by atoms with Crippen molar-refractivity contribution in [3.05, 3.63) is 64.6 Å². The Hall–Kier alpha value is -1.99. The lowest BCUT2D eigenvalue weighted by atomic mass is 10.1. The highest BCUT2D eigenvalue weighted by Crippen LogP contribution is 2.22. The minimum Gasteiger partial charge on any atom is -0.465 e. The van der Waals surface area contributed by atoms with E-state index >= 15 is 0 Å². The number of hydrogen-bond acceptors (Lipinski definition) is 5. The smallest absolute Gasteiger partial charge is 0.332 e. The summed E-state index contributed by atoms with van der Waals surface area (Å²) >= 11 is 3.22. The van der Waals surface area contributed by atoms with Gasteiger partial charge in [0.15, 0.2) is 15.6 Å². The van der Waals surface area contributed by atoms with Crippen LogP contribution in [0.3, 0.4) is 0 Å². The molecule has 24 heavy (non-hydrogen) atoms. The fourth-order valence-corrected chi connectivity index (χ4v) is 3.90. The number of hydrogen-bond donors (Lipinski definition) is 0. The van der Waals surface area contributed by atoms with E-state index in [0.29, 0.717) is 4.47 Å². The van der Waals surface area contributed by atoms with Gasteiger partial charge >= 0.3 is 5.97 Å². The largest absolute Gasteiger partial charge is 0.465 e. The summed E-state index contributed by atoms with van der Waals surface area (Å²) in [6.45, 7) is 1.53. The van der Waals surface area contributed by atoms with Crippen molar-refractivity contribution in [2.75, 3.05) is 6.61 Å². The number of ether oxygens (including phenoxy) is 1. The topological polar surface area (TPSA) is 77.5 Å². The Bertz CT molecular complexity index is 829. The molecule has 0 aliphatic heterocycles. The molecule has 0 fully saturated rings. The van der Waals surface area contributed by atoms with E-state index in [1.165, 1.54) is 36.4 Å². The first-order valence-electron chi connectivity index (χ1n) is 7.13. The Balaban J connectivity index is 2.52. The first kappa shape index (κ1) is 18.4. The van der Waals surface area contributed by atoms with Crippen LogP contribution in [0, 0.1) is 0 Å². The van der Waals surface area contributed by atoms with Crippen molar-refractivity contribution in [3.8, 4) is 0 Å². The van der Waals surface area contributed by atoms with Gasteiger partial charge in [-0.25, -0.2) is 8.42 Å². The number of Topliss-reactive ketones (excluding diaryl/α,β-unsaturated/α-hetero) is 1. The van der Waals surface area contributed by atoms with Crippen molar-refractivity contribution in [2.45, 2.75) is 17.1 Å². The average Bonchev–Trinajstić information content (AvgIpc) is 2.56. The highest BCUT2D eigenvalue weighted by molar-refractivity contribution is 9.10. The second kappa shape index (κ2) is 7.72. The van der Waals surface area contributed by atoms with E-state index in [0.717, 1.165) is 0 Å². The molecule has 5 nitrogen and oxygen atoms in total. The van der Waals surface area contributed by atoms with E-state index in [4.69, 9.17) is 4.74 Å². The molecule has 0 saturated carbocycles. The number of halogens is 1. The van der Waals surface area contributed by atoms with Gasteiger partial charge in [0.25, 0.3) is 0 Å².